The van der Waals surface area contributed by atoms with Crippen LogP contribution in [0.15, 0.2) is 64.4 Å². The van der Waals surface area contributed by atoms with Crippen molar-refractivity contribution in [2.24, 2.45) is 5.92 Å². The molecule has 1 saturated carbocycles. The highest BCUT2D eigenvalue weighted by Gasteiger charge is 2.27. The lowest BCUT2D eigenvalue weighted by Gasteiger charge is -2.21. The molecule has 1 fully saturated rings. The van der Waals surface area contributed by atoms with Gasteiger partial charge in [-0.15, -0.1) is 0 Å². The Kier molecular flexibility index (Phi) is 8.64. The number of alkyl halides is 2. The first-order valence-electron chi connectivity index (χ1n) is 12.8. The van der Waals surface area contributed by atoms with Gasteiger partial charge < -0.3 is 19.4 Å². The quantitative estimate of drug-likeness (QED) is 0.148. The summed E-state index contributed by atoms with van der Waals surface area (Å²) in [4.78, 5) is 38.5. The van der Waals surface area contributed by atoms with Crippen LogP contribution in [-0.2, 0) is 22.5 Å². The van der Waals surface area contributed by atoms with Gasteiger partial charge in [-0.05, 0) is 48.6 Å². The van der Waals surface area contributed by atoms with E-state index in [9.17, 15) is 28.4 Å². The van der Waals surface area contributed by atoms with Crippen molar-refractivity contribution in [3.8, 4) is 11.5 Å². The van der Waals surface area contributed by atoms with Crippen molar-refractivity contribution in [2.75, 3.05) is 6.61 Å². The monoisotopic (exact) mass is 621 g/mol. The molecule has 2 aromatic heterocycles. The molecule has 220 valence electrons. The minimum Gasteiger partial charge on any atom is -0.619 e. The number of carbonyl (C=O) groups excluding carboxylic acids is 1. The van der Waals surface area contributed by atoms with Crippen LogP contribution in [0.1, 0.15) is 30.1 Å². The number of nitrogens with one attached hydrogen (secondary N) is 1. The maximum atomic E-state index is 13.2. The summed E-state index contributed by atoms with van der Waals surface area (Å²) in [6, 6.07) is 10.2. The van der Waals surface area contributed by atoms with Gasteiger partial charge >= 0.3 is 12.6 Å². The lowest BCUT2D eigenvalue weighted by Crippen LogP contribution is -2.33. The summed E-state index contributed by atoms with van der Waals surface area (Å²) in [6.07, 6.45) is 2.78. The standard InChI is InChI=1S/C28H23Cl2F2N3O7/c29-20-11-34(39)12-21(30)19(20)10-23(16-7-8-22(42-28(31)32)24(9-16)40-14-15-5-6-15)41-25(36)13-35-27(38)18-4-2-1-3-17(18)26(37)33-35/h1-4,7-9,11-12,15,23,28H,5-6,10,13-14H2,(H,33,37). The number of halogens is 4. The van der Waals surface area contributed by atoms with E-state index in [0.717, 1.165) is 29.9 Å². The van der Waals surface area contributed by atoms with Crippen molar-refractivity contribution in [1.29, 1.82) is 0 Å². The zero-order chi connectivity index (χ0) is 30.0. The van der Waals surface area contributed by atoms with Crippen molar-refractivity contribution in [1.82, 2.24) is 9.78 Å². The number of hydrogen-bond donors (Lipinski definition) is 1. The summed E-state index contributed by atoms with van der Waals surface area (Å²) < 4.78 is 43.5. The minimum atomic E-state index is -3.10. The SMILES string of the molecule is O=C(Cn1[nH]c(=O)c2ccccc2c1=O)OC(Cc1c(Cl)c[n+]([O-])cc1Cl)c1ccc(OC(F)F)c(OCC2CC2)c1. The number of carbonyl (C=O) groups is 1. The highest BCUT2D eigenvalue weighted by atomic mass is 35.5. The molecular formula is C28H23Cl2F2N3O7. The highest BCUT2D eigenvalue weighted by molar-refractivity contribution is 6.35. The van der Waals surface area contributed by atoms with Crippen LogP contribution in [0.5, 0.6) is 11.5 Å². The zero-order valence-electron chi connectivity index (χ0n) is 21.7. The number of ether oxygens (including phenoxy) is 3. The van der Waals surface area contributed by atoms with Gasteiger partial charge in [0.25, 0.3) is 11.1 Å². The highest BCUT2D eigenvalue weighted by Crippen LogP contribution is 2.37. The Hall–Kier alpha value is -4.16. The van der Waals surface area contributed by atoms with Gasteiger partial charge in [-0.25, -0.2) is 4.68 Å². The van der Waals surface area contributed by atoms with Gasteiger partial charge in [-0.2, -0.15) is 13.5 Å². The Balaban J connectivity index is 1.48. The summed E-state index contributed by atoms with van der Waals surface area (Å²) in [6.45, 7) is -3.47. The Morgan fingerprint density at radius 3 is 2.43 bits per heavy atom. The van der Waals surface area contributed by atoms with Crippen molar-refractivity contribution < 1.29 is 32.5 Å². The molecule has 0 spiro atoms. The van der Waals surface area contributed by atoms with Crippen LogP contribution in [0, 0.1) is 11.1 Å². The molecule has 14 heteroatoms. The summed E-state index contributed by atoms with van der Waals surface area (Å²) in [5.41, 5.74) is -0.610. The molecule has 0 radical (unpaired) electrons. The topological polar surface area (TPSA) is 127 Å². The molecule has 42 heavy (non-hydrogen) atoms. The lowest BCUT2D eigenvalue weighted by atomic mass is 10.0. The molecule has 0 bridgehead atoms. The first-order valence-corrected chi connectivity index (χ1v) is 13.5. The fraction of sp³-hybridized carbons (Fsp3) is 0.286. The van der Waals surface area contributed by atoms with Gasteiger partial charge in [0.1, 0.15) is 22.7 Å². The molecule has 1 aliphatic carbocycles. The van der Waals surface area contributed by atoms with Crippen LogP contribution in [-0.4, -0.2) is 29.0 Å². The zero-order valence-corrected chi connectivity index (χ0v) is 23.2. The molecule has 2 aromatic carbocycles. The Morgan fingerprint density at radius 2 is 1.76 bits per heavy atom. The Labute approximate surface area is 246 Å². The molecule has 1 unspecified atom stereocenters. The molecule has 10 nitrogen and oxygen atoms in total. The van der Waals surface area contributed by atoms with Gasteiger partial charge in [-0.3, -0.25) is 19.5 Å². The number of rotatable bonds is 11. The normalized spacial score (nSPS) is 13.7. The van der Waals surface area contributed by atoms with E-state index >= 15 is 0 Å². The number of nitrogens with zero attached hydrogens (tertiary/aromatic N) is 2. The molecule has 4 aromatic rings. The van der Waals surface area contributed by atoms with Gasteiger partial charge in [0, 0.05) is 12.0 Å². The van der Waals surface area contributed by atoms with Crippen LogP contribution in [0.2, 0.25) is 10.0 Å². The third-order valence-electron chi connectivity index (χ3n) is 6.62. The van der Waals surface area contributed by atoms with Crippen LogP contribution >= 0.6 is 23.2 Å². The van der Waals surface area contributed by atoms with Gasteiger partial charge in [0.15, 0.2) is 23.9 Å². The molecule has 0 saturated heterocycles. The number of aromatic nitrogens is 3. The Bertz CT molecular complexity index is 1740. The van der Waals surface area contributed by atoms with Crippen molar-refractivity contribution in [3.63, 3.8) is 0 Å². The van der Waals surface area contributed by atoms with Crippen LogP contribution < -0.4 is 25.3 Å². The average molecular weight is 622 g/mol. The van der Waals surface area contributed by atoms with Crippen LogP contribution in [0.4, 0.5) is 8.78 Å². The maximum absolute atomic E-state index is 13.2. The van der Waals surface area contributed by atoms with Gasteiger partial charge in [0.05, 0.1) is 17.4 Å². The fourth-order valence-corrected chi connectivity index (χ4v) is 4.94. The lowest BCUT2D eigenvalue weighted by molar-refractivity contribution is -0.605. The second kappa shape index (κ2) is 12.4. The predicted molar refractivity (Wildman–Crippen MR) is 148 cm³/mol. The van der Waals surface area contributed by atoms with Crippen LogP contribution in [0.3, 0.4) is 0 Å². The number of hydrogen-bond acceptors (Lipinski definition) is 7. The van der Waals surface area contributed by atoms with Gasteiger partial charge in [-0.1, -0.05) is 41.4 Å². The van der Waals surface area contributed by atoms with E-state index < -0.39 is 36.3 Å². The number of esters is 1. The largest absolute Gasteiger partial charge is 0.619 e. The smallest absolute Gasteiger partial charge is 0.387 e. The summed E-state index contributed by atoms with van der Waals surface area (Å²) in [7, 11) is 0. The van der Waals surface area contributed by atoms with E-state index in [4.69, 9.17) is 32.7 Å². The maximum Gasteiger partial charge on any atom is 0.387 e. The number of fused-ring (bicyclic) bond motifs is 1. The third kappa shape index (κ3) is 6.82. The molecule has 1 N–H and O–H groups in total. The molecule has 0 aliphatic heterocycles. The molecular weight excluding hydrogens is 599 g/mol. The number of pyridine rings is 1. The third-order valence-corrected chi connectivity index (χ3v) is 7.27. The second-order valence-corrected chi connectivity index (χ2v) is 10.5. The molecule has 5 rings (SSSR count). The first-order chi connectivity index (χ1) is 20.1. The van der Waals surface area contributed by atoms with E-state index in [1.165, 1.54) is 30.3 Å². The molecule has 1 atom stereocenters. The van der Waals surface area contributed by atoms with Gasteiger partial charge in [0.2, 0.25) is 0 Å². The summed E-state index contributed by atoms with van der Waals surface area (Å²) >= 11 is 12.5. The molecule has 0 amide bonds. The summed E-state index contributed by atoms with van der Waals surface area (Å²) in [5, 5.41) is 14.4. The van der Waals surface area contributed by atoms with E-state index in [1.54, 1.807) is 12.1 Å². The van der Waals surface area contributed by atoms with Crippen molar-refractivity contribution >= 4 is 39.9 Å². The van der Waals surface area contributed by atoms with E-state index in [0.29, 0.717) is 16.2 Å². The summed E-state index contributed by atoms with van der Waals surface area (Å²) in [5.74, 6) is -0.810. The van der Waals surface area contributed by atoms with E-state index in [2.05, 4.69) is 9.84 Å². The Morgan fingerprint density at radius 1 is 1.07 bits per heavy atom. The molecule has 1 aliphatic rings. The first kappa shape index (κ1) is 29.3. The number of H-pyrrole nitrogens is 1. The number of aromatic amines is 1. The van der Waals surface area contributed by atoms with E-state index in [-0.39, 0.29) is 50.9 Å². The van der Waals surface area contributed by atoms with Crippen LogP contribution in [0.25, 0.3) is 10.8 Å². The van der Waals surface area contributed by atoms with Crippen molar-refractivity contribution in [2.45, 2.75) is 38.5 Å². The van der Waals surface area contributed by atoms with Crippen molar-refractivity contribution in [3.05, 3.63) is 102 Å². The number of benzene rings is 2. The average Bonchev–Trinajstić information content (AvgIpc) is 3.77. The fourth-order valence-electron chi connectivity index (χ4n) is 4.34. The second-order valence-electron chi connectivity index (χ2n) is 9.69. The van der Waals surface area contributed by atoms with E-state index in [1.807, 2.05) is 0 Å². The molecule has 2 heterocycles. The minimum absolute atomic E-state index is 0.00325. The predicted octanol–water partition coefficient (Wildman–Crippen LogP) is 4.55.